The maximum absolute atomic E-state index is 13.8. The highest BCUT2D eigenvalue weighted by Crippen LogP contribution is 2.21. The van der Waals surface area contributed by atoms with Crippen LogP contribution in [0.15, 0.2) is 47.7 Å². The number of hydrogen-bond acceptors (Lipinski definition) is 7. The Kier molecular flexibility index (Phi) is 5.75. The molecule has 4 rings (SSSR count). The van der Waals surface area contributed by atoms with Gasteiger partial charge < -0.3 is 20.4 Å². The van der Waals surface area contributed by atoms with E-state index in [1.807, 2.05) is 32.0 Å². The number of hydrazone groups is 1. The number of benzene rings is 1. The number of hydrogen-bond donors (Lipinski definition) is 2. The average molecular weight is 413 g/mol. The number of carbonyl (C=O) groups excluding carboxylic acids is 1. The number of aryl methyl sites for hydroxylation is 1. The fraction of sp³-hybridized carbons (Fsp3) is 0.400. The average Bonchev–Trinajstić information content (AvgIpc) is 3.39. The normalized spacial score (nSPS) is 22.7. The standard InChI is InChI=1S/C20H24FN7O2/c1-13-4-5-17(28-24-6-7-25-28)15(10-13)20(29)27-8-3-9-30-18(27)12-23-26-19-14(2)22-11-16(19)21/h4-7,10-11,14,18,22-23H,3,8-9,12H2,1-2H3/b26-19+/t14-,18+/m1/s1. The van der Waals surface area contributed by atoms with Crippen LogP contribution in [0.4, 0.5) is 4.39 Å². The molecule has 9 nitrogen and oxygen atoms in total. The Morgan fingerprint density at radius 2 is 2.20 bits per heavy atom. The first-order valence-corrected chi connectivity index (χ1v) is 9.87. The van der Waals surface area contributed by atoms with Gasteiger partial charge in [0.25, 0.3) is 5.91 Å². The van der Waals surface area contributed by atoms with Gasteiger partial charge in [0.1, 0.15) is 5.71 Å². The van der Waals surface area contributed by atoms with Crippen LogP contribution in [0.2, 0.25) is 0 Å². The number of amides is 1. The van der Waals surface area contributed by atoms with E-state index in [4.69, 9.17) is 4.74 Å². The van der Waals surface area contributed by atoms with Crippen LogP contribution in [0.3, 0.4) is 0 Å². The van der Waals surface area contributed by atoms with Crippen molar-refractivity contribution in [3.05, 3.63) is 53.7 Å². The first kappa shape index (κ1) is 20.0. The molecule has 1 fully saturated rings. The summed E-state index contributed by atoms with van der Waals surface area (Å²) in [6.07, 6.45) is 4.63. The van der Waals surface area contributed by atoms with E-state index in [1.54, 1.807) is 17.3 Å². The number of rotatable bonds is 5. The summed E-state index contributed by atoms with van der Waals surface area (Å²) >= 11 is 0. The molecule has 0 unspecified atom stereocenters. The van der Waals surface area contributed by atoms with Crippen LogP contribution in [-0.2, 0) is 4.74 Å². The van der Waals surface area contributed by atoms with Crippen molar-refractivity contribution in [3.8, 4) is 5.69 Å². The van der Waals surface area contributed by atoms with Crippen molar-refractivity contribution in [1.29, 1.82) is 0 Å². The van der Waals surface area contributed by atoms with Crippen LogP contribution in [-0.4, -0.2) is 63.5 Å². The topological polar surface area (TPSA) is 96.7 Å². The monoisotopic (exact) mass is 413 g/mol. The fourth-order valence-electron chi connectivity index (χ4n) is 3.50. The predicted octanol–water partition coefficient (Wildman–Crippen LogP) is 1.51. The van der Waals surface area contributed by atoms with Crippen molar-refractivity contribution in [2.45, 2.75) is 32.5 Å². The van der Waals surface area contributed by atoms with Gasteiger partial charge in [0.2, 0.25) is 0 Å². The van der Waals surface area contributed by atoms with Crippen LogP contribution in [0, 0.1) is 6.92 Å². The highest BCUT2D eigenvalue weighted by atomic mass is 19.1. The van der Waals surface area contributed by atoms with Crippen LogP contribution < -0.4 is 10.7 Å². The van der Waals surface area contributed by atoms with Crippen molar-refractivity contribution < 1.29 is 13.9 Å². The van der Waals surface area contributed by atoms with Crippen LogP contribution in [0.1, 0.15) is 29.3 Å². The molecule has 0 bridgehead atoms. The lowest BCUT2D eigenvalue weighted by atomic mass is 10.1. The van der Waals surface area contributed by atoms with E-state index < -0.39 is 12.1 Å². The molecule has 2 aromatic rings. The molecule has 10 heteroatoms. The first-order valence-electron chi connectivity index (χ1n) is 9.87. The maximum Gasteiger partial charge on any atom is 0.258 e. The Labute approximate surface area is 173 Å². The zero-order valence-electron chi connectivity index (χ0n) is 16.9. The molecule has 2 atom stereocenters. The van der Waals surface area contributed by atoms with E-state index >= 15 is 0 Å². The maximum atomic E-state index is 13.8. The molecule has 1 amide bonds. The van der Waals surface area contributed by atoms with E-state index in [1.165, 1.54) is 11.0 Å². The Hall–Kier alpha value is -3.27. The van der Waals surface area contributed by atoms with E-state index in [0.717, 1.165) is 12.0 Å². The molecule has 0 radical (unpaired) electrons. The summed E-state index contributed by atoms with van der Waals surface area (Å²) in [7, 11) is 0. The SMILES string of the molecule is Cc1ccc(-n2nccn2)c(C(=O)N2CCCO[C@H]2CN/N=C2/C(F)=CN[C@@H]2C)c1. The zero-order valence-corrected chi connectivity index (χ0v) is 16.9. The molecule has 1 saturated heterocycles. The fourth-order valence-corrected chi connectivity index (χ4v) is 3.50. The summed E-state index contributed by atoms with van der Waals surface area (Å²) in [6, 6.07) is 5.36. The number of ether oxygens (including phenoxy) is 1. The third-order valence-electron chi connectivity index (χ3n) is 5.06. The van der Waals surface area contributed by atoms with Gasteiger partial charge >= 0.3 is 0 Å². The minimum atomic E-state index is -0.522. The Balaban J connectivity index is 1.53. The summed E-state index contributed by atoms with van der Waals surface area (Å²) in [6.45, 7) is 5.08. The molecule has 2 N–H and O–H groups in total. The van der Waals surface area contributed by atoms with Gasteiger partial charge in [-0.2, -0.15) is 20.1 Å². The third kappa shape index (κ3) is 4.04. The highest BCUT2D eigenvalue weighted by Gasteiger charge is 2.30. The number of aromatic nitrogens is 3. The second kappa shape index (κ2) is 8.62. The quantitative estimate of drug-likeness (QED) is 0.722. The van der Waals surface area contributed by atoms with Crippen LogP contribution in [0.5, 0.6) is 0 Å². The molecule has 158 valence electrons. The Morgan fingerprint density at radius 3 is 2.93 bits per heavy atom. The molecular weight excluding hydrogens is 389 g/mol. The zero-order chi connectivity index (χ0) is 21.1. The third-order valence-corrected chi connectivity index (χ3v) is 5.06. The smallest absolute Gasteiger partial charge is 0.258 e. The lowest BCUT2D eigenvalue weighted by Crippen LogP contribution is -2.50. The molecule has 3 heterocycles. The van der Waals surface area contributed by atoms with Gasteiger partial charge in [-0.1, -0.05) is 11.6 Å². The van der Waals surface area contributed by atoms with Gasteiger partial charge in [0.15, 0.2) is 12.1 Å². The van der Waals surface area contributed by atoms with Crippen molar-refractivity contribution in [3.63, 3.8) is 0 Å². The van der Waals surface area contributed by atoms with E-state index in [2.05, 4.69) is 26.0 Å². The van der Waals surface area contributed by atoms with Gasteiger partial charge in [-0.05, 0) is 32.4 Å². The van der Waals surface area contributed by atoms with Crippen LogP contribution in [0.25, 0.3) is 5.69 Å². The van der Waals surface area contributed by atoms with Crippen molar-refractivity contribution >= 4 is 11.6 Å². The molecule has 30 heavy (non-hydrogen) atoms. The molecule has 2 aliphatic heterocycles. The molecule has 0 aliphatic carbocycles. The molecule has 2 aliphatic rings. The second-order valence-electron chi connectivity index (χ2n) is 7.26. The molecule has 0 spiro atoms. The Morgan fingerprint density at radius 1 is 1.40 bits per heavy atom. The summed E-state index contributed by atoms with van der Waals surface area (Å²) in [5.41, 5.74) is 5.22. The van der Waals surface area contributed by atoms with Gasteiger partial charge in [0, 0.05) is 12.7 Å². The van der Waals surface area contributed by atoms with Crippen LogP contribution >= 0.6 is 0 Å². The molecule has 1 aromatic heterocycles. The van der Waals surface area contributed by atoms with E-state index in [0.29, 0.717) is 30.1 Å². The summed E-state index contributed by atoms with van der Waals surface area (Å²) in [5, 5.41) is 15.3. The van der Waals surface area contributed by atoms with E-state index in [9.17, 15) is 9.18 Å². The minimum absolute atomic E-state index is 0.174. The number of carbonyl (C=O) groups is 1. The summed E-state index contributed by atoms with van der Waals surface area (Å²) in [4.78, 5) is 16.5. The largest absolute Gasteiger partial charge is 0.380 e. The van der Waals surface area contributed by atoms with Gasteiger partial charge in [0.05, 0.1) is 42.8 Å². The highest BCUT2D eigenvalue weighted by molar-refractivity contribution is 6.03. The van der Waals surface area contributed by atoms with E-state index in [-0.39, 0.29) is 18.5 Å². The minimum Gasteiger partial charge on any atom is -0.380 e. The predicted molar refractivity (Wildman–Crippen MR) is 109 cm³/mol. The lowest BCUT2D eigenvalue weighted by Gasteiger charge is -2.35. The summed E-state index contributed by atoms with van der Waals surface area (Å²) in [5.74, 6) is -0.573. The molecule has 0 saturated carbocycles. The van der Waals surface area contributed by atoms with Crippen molar-refractivity contribution in [2.24, 2.45) is 5.10 Å². The van der Waals surface area contributed by atoms with Gasteiger partial charge in [-0.3, -0.25) is 4.79 Å². The van der Waals surface area contributed by atoms with Crippen molar-refractivity contribution in [2.75, 3.05) is 19.7 Å². The first-order chi connectivity index (χ1) is 14.5. The lowest BCUT2D eigenvalue weighted by molar-refractivity contribution is -0.0750. The molecular formula is C20H24FN7O2. The Bertz CT molecular complexity index is 974. The summed E-state index contributed by atoms with van der Waals surface area (Å²) < 4.78 is 19.6. The second-order valence-corrected chi connectivity index (χ2v) is 7.26. The van der Waals surface area contributed by atoms with Gasteiger partial charge in [-0.15, -0.1) is 0 Å². The van der Waals surface area contributed by atoms with Gasteiger partial charge in [-0.25, -0.2) is 4.39 Å². The molecule has 1 aromatic carbocycles. The number of nitrogens with one attached hydrogen (secondary N) is 2. The number of nitrogens with zero attached hydrogens (tertiary/aromatic N) is 5. The number of halogens is 1. The van der Waals surface area contributed by atoms with Crippen molar-refractivity contribution in [1.82, 2.24) is 30.6 Å².